The van der Waals surface area contributed by atoms with Crippen LogP contribution in [0.4, 0.5) is 0 Å². The Morgan fingerprint density at radius 3 is 2.00 bits per heavy atom. The molecule has 0 spiro atoms. The molecule has 0 aromatic carbocycles. The maximum Gasteiger partial charge on any atom is -0.0234 e. The number of allylic oxidation sites excluding steroid dienone is 1. The van der Waals surface area contributed by atoms with E-state index >= 15 is 0 Å². The second-order valence-corrected chi connectivity index (χ2v) is 3.67. The van der Waals surface area contributed by atoms with Crippen LogP contribution in [0.5, 0.6) is 0 Å². The second-order valence-electron chi connectivity index (χ2n) is 3.67. The fourth-order valence-electron chi connectivity index (χ4n) is 1.32. The van der Waals surface area contributed by atoms with E-state index in [1.807, 2.05) is 0 Å². The molecule has 0 heteroatoms. The summed E-state index contributed by atoms with van der Waals surface area (Å²) in [5.74, 6) is 1.61. The second kappa shape index (κ2) is 5.40. The summed E-state index contributed by atoms with van der Waals surface area (Å²) in [5, 5.41) is 0. The number of hydrogen-bond donors (Lipinski definition) is 0. The van der Waals surface area contributed by atoms with Crippen LogP contribution >= 0.6 is 0 Å². The first-order valence-electron chi connectivity index (χ1n) is 4.77. The van der Waals surface area contributed by atoms with Crippen molar-refractivity contribution in [3.63, 3.8) is 0 Å². The van der Waals surface area contributed by atoms with Crippen molar-refractivity contribution >= 4 is 0 Å². The Kier molecular flexibility index (Phi) is 5.27. The van der Waals surface area contributed by atoms with Crippen molar-refractivity contribution in [1.82, 2.24) is 0 Å². The van der Waals surface area contributed by atoms with Crippen LogP contribution in [-0.2, 0) is 0 Å². The predicted octanol–water partition coefficient (Wildman–Crippen LogP) is 4.02. The van der Waals surface area contributed by atoms with Crippen molar-refractivity contribution in [3.8, 4) is 0 Å². The summed E-state index contributed by atoms with van der Waals surface area (Å²) in [4.78, 5) is 0. The molecule has 0 fully saturated rings. The minimum atomic E-state index is 0.708. The van der Waals surface area contributed by atoms with Gasteiger partial charge in [0.25, 0.3) is 0 Å². The van der Waals surface area contributed by atoms with Crippen molar-refractivity contribution in [2.45, 2.75) is 47.0 Å². The van der Waals surface area contributed by atoms with E-state index in [2.05, 4.69) is 34.3 Å². The van der Waals surface area contributed by atoms with E-state index in [0.29, 0.717) is 5.92 Å². The number of rotatable bonds is 5. The molecule has 0 aliphatic rings. The largest absolute Gasteiger partial charge is 0.0999 e. The molecule has 0 aromatic rings. The number of hydrogen-bond acceptors (Lipinski definition) is 0. The summed E-state index contributed by atoms with van der Waals surface area (Å²) in [7, 11) is 0. The molecule has 0 N–H and O–H groups in total. The zero-order valence-corrected chi connectivity index (χ0v) is 8.48. The zero-order chi connectivity index (χ0) is 8.85. The molecule has 0 nitrogen and oxygen atoms in total. The van der Waals surface area contributed by atoms with E-state index in [4.69, 9.17) is 0 Å². The SMILES string of the molecule is C=C(C)C(C)CC(CC)CC. The van der Waals surface area contributed by atoms with Crippen LogP contribution in [0.3, 0.4) is 0 Å². The molecule has 66 valence electrons. The van der Waals surface area contributed by atoms with Crippen LogP contribution < -0.4 is 0 Å². The maximum atomic E-state index is 3.98. The molecular weight excluding hydrogens is 132 g/mol. The Morgan fingerprint density at radius 2 is 1.73 bits per heavy atom. The van der Waals surface area contributed by atoms with Crippen molar-refractivity contribution < 1.29 is 0 Å². The highest BCUT2D eigenvalue weighted by Crippen LogP contribution is 2.22. The van der Waals surface area contributed by atoms with Crippen molar-refractivity contribution in [3.05, 3.63) is 12.2 Å². The van der Waals surface area contributed by atoms with Crippen LogP contribution in [-0.4, -0.2) is 0 Å². The van der Waals surface area contributed by atoms with Gasteiger partial charge in [0.05, 0.1) is 0 Å². The van der Waals surface area contributed by atoms with E-state index < -0.39 is 0 Å². The fourth-order valence-corrected chi connectivity index (χ4v) is 1.32. The van der Waals surface area contributed by atoms with Gasteiger partial charge in [0, 0.05) is 0 Å². The average Bonchev–Trinajstić information content (AvgIpc) is 1.99. The van der Waals surface area contributed by atoms with Crippen LogP contribution in [0.15, 0.2) is 12.2 Å². The normalized spacial score (nSPS) is 13.5. The van der Waals surface area contributed by atoms with Gasteiger partial charge in [-0.25, -0.2) is 0 Å². The minimum Gasteiger partial charge on any atom is -0.0999 e. The van der Waals surface area contributed by atoms with Crippen molar-refractivity contribution in [2.75, 3.05) is 0 Å². The third-order valence-corrected chi connectivity index (χ3v) is 2.68. The molecule has 1 unspecified atom stereocenters. The van der Waals surface area contributed by atoms with Gasteiger partial charge in [-0.15, -0.1) is 0 Å². The summed E-state index contributed by atoms with van der Waals surface area (Å²) in [6.07, 6.45) is 3.95. The van der Waals surface area contributed by atoms with Gasteiger partial charge in [-0.1, -0.05) is 45.8 Å². The highest BCUT2D eigenvalue weighted by Gasteiger charge is 2.09. The quantitative estimate of drug-likeness (QED) is 0.524. The summed E-state index contributed by atoms with van der Waals surface area (Å²) in [6.45, 7) is 12.9. The molecule has 0 rings (SSSR count). The molecule has 0 heterocycles. The van der Waals surface area contributed by atoms with Gasteiger partial charge >= 0.3 is 0 Å². The Labute approximate surface area is 71.7 Å². The van der Waals surface area contributed by atoms with Crippen molar-refractivity contribution in [1.29, 1.82) is 0 Å². The topological polar surface area (TPSA) is 0 Å². The smallest absolute Gasteiger partial charge is 0.0234 e. The van der Waals surface area contributed by atoms with Gasteiger partial charge in [-0.3, -0.25) is 0 Å². The molecule has 0 saturated carbocycles. The highest BCUT2D eigenvalue weighted by atomic mass is 14.1. The Balaban J connectivity index is 3.71. The summed E-state index contributed by atoms with van der Waals surface area (Å²) < 4.78 is 0. The molecule has 11 heavy (non-hydrogen) atoms. The molecule has 1 atom stereocenters. The van der Waals surface area contributed by atoms with E-state index in [0.717, 1.165) is 5.92 Å². The first-order chi connectivity index (χ1) is 5.11. The van der Waals surface area contributed by atoms with Gasteiger partial charge in [-0.05, 0) is 25.2 Å². The fraction of sp³-hybridized carbons (Fsp3) is 0.818. The molecule has 0 bridgehead atoms. The molecule has 0 aromatic heterocycles. The lowest BCUT2D eigenvalue weighted by molar-refractivity contribution is 0.400. The molecule has 0 amide bonds. The lowest BCUT2D eigenvalue weighted by Crippen LogP contribution is -2.05. The summed E-state index contributed by atoms with van der Waals surface area (Å²) in [6, 6.07) is 0. The van der Waals surface area contributed by atoms with Crippen molar-refractivity contribution in [2.24, 2.45) is 11.8 Å². The molecule has 0 aliphatic heterocycles. The van der Waals surface area contributed by atoms with Crippen LogP contribution in [0.25, 0.3) is 0 Å². The van der Waals surface area contributed by atoms with Gasteiger partial charge in [0.15, 0.2) is 0 Å². The third kappa shape index (κ3) is 4.23. The van der Waals surface area contributed by atoms with Crippen LogP contribution in [0, 0.1) is 11.8 Å². The predicted molar refractivity (Wildman–Crippen MR) is 52.7 cm³/mol. The Bertz CT molecular complexity index is 109. The molecular formula is C11H22. The molecule has 0 saturated heterocycles. The standard InChI is InChI=1S/C11H22/c1-6-11(7-2)8-10(5)9(3)4/h10-11H,3,6-8H2,1-2,4-5H3. The lowest BCUT2D eigenvalue weighted by Gasteiger charge is -2.17. The Morgan fingerprint density at radius 1 is 1.27 bits per heavy atom. The highest BCUT2D eigenvalue weighted by molar-refractivity contribution is 4.94. The minimum absolute atomic E-state index is 0.708. The van der Waals surface area contributed by atoms with Crippen LogP contribution in [0.1, 0.15) is 47.0 Å². The van der Waals surface area contributed by atoms with Gasteiger partial charge in [-0.2, -0.15) is 0 Å². The molecule has 0 radical (unpaired) electrons. The summed E-state index contributed by atoms with van der Waals surface area (Å²) >= 11 is 0. The van der Waals surface area contributed by atoms with E-state index in [-0.39, 0.29) is 0 Å². The first-order valence-corrected chi connectivity index (χ1v) is 4.77. The molecule has 0 aliphatic carbocycles. The van der Waals surface area contributed by atoms with E-state index in [1.54, 1.807) is 0 Å². The van der Waals surface area contributed by atoms with Gasteiger partial charge < -0.3 is 0 Å². The van der Waals surface area contributed by atoms with Gasteiger partial charge in [0.1, 0.15) is 0 Å². The van der Waals surface area contributed by atoms with E-state index in [9.17, 15) is 0 Å². The monoisotopic (exact) mass is 154 g/mol. The lowest BCUT2D eigenvalue weighted by atomic mass is 9.88. The third-order valence-electron chi connectivity index (χ3n) is 2.68. The maximum absolute atomic E-state index is 3.98. The summed E-state index contributed by atoms with van der Waals surface area (Å²) in [5.41, 5.74) is 1.33. The Hall–Kier alpha value is -0.260. The van der Waals surface area contributed by atoms with Crippen LogP contribution in [0.2, 0.25) is 0 Å². The van der Waals surface area contributed by atoms with E-state index in [1.165, 1.54) is 24.8 Å². The van der Waals surface area contributed by atoms with Gasteiger partial charge in [0.2, 0.25) is 0 Å². The zero-order valence-electron chi connectivity index (χ0n) is 8.48. The average molecular weight is 154 g/mol. The first kappa shape index (κ1) is 10.7.